The van der Waals surface area contributed by atoms with E-state index in [-0.39, 0.29) is 5.97 Å². The minimum atomic E-state index is -0.576. The standard InChI is InChI=1S/C14H15Cl2NO3/c15-9-5-8(7-17-10-1-2-10)13(11(16)6-9)20-12-3-4-19-14(12)18/h5-6,10,12,17H,1-4,7H2. The van der Waals surface area contributed by atoms with Crippen molar-refractivity contribution < 1.29 is 14.3 Å². The first-order chi connectivity index (χ1) is 9.63. The first kappa shape index (κ1) is 14.0. The Morgan fingerprint density at radius 3 is 2.75 bits per heavy atom. The van der Waals surface area contributed by atoms with Crippen LogP contribution in [-0.4, -0.2) is 24.7 Å². The second kappa shape index (κ2) is 5.80. The Labute approximate surface area is 127 Å². The molecule has 1 aliphatic carbocycles. The number of cyclic esters (lactones) is 1. The third kappa shape index (κ3) is 3.19. The van der Waals surface area contributed by atoms with Crippen molar-refractivity contribution in [2.75, 3.05) is 6.61 Å². The molecule has 2 fully saturated rings. The topological polar surface area (TPSA) is 47.6 Å². The fourth-order valence-electron chi connectivity index (χ4n) is 2.15. The van der Waals surface area contributed by atoms with Crippen molar-refractivity contribution >= 4 is 29.2 Å². The molecule has 20 heavy (non-hydrogen) atoms. The highest BCUT2D eigenvalue weighted by molar-refractivity contribution is 6.35. The summed E-state index contributed by atoms with van der Waals surface area (Å²) in [5.41, 5.74) is 0.870. The number of hydrogen-bond acceptors (Lipinski definition) is 4. The quantitative estimate of drug-likeness (QED) is 0.849. The van der Waals surface area contributed by atoms with Gasteiger partial charge in [0.1, 0.15) is 5.75 Å². The summed E-state index contributed by atoms with van der Waals surface area (Å²) in [6.45, 7) is 1.02. The summed E-state index contributed by atoms with van der Waals surface area (Å²) in [5.74, 6) is 0.185. The highest BCUT2D eigenvalue weighted by atomic mass is 35.5. The van der Waals surface area contributed by atoms with Crippen molar-refractivity contribution in [1.29, 1.82) is 0 Å². The molecule has 1 saturated carbocycles. The number of benzene rings is 1. The van der Waals surface area contributed by atoms with Gasteiger partial charge < -0.3 is 14.8 Å². The van der Waals surface area contributed by atoms with Gasteiger partial charge in [-0.1, -0.05) is 23.2 Å². The molecule has 0 spiro atoms. The number of carbonyl (C=O) groups excluding carboxylic acids is 1. The van der Waals surface area contributed by atoms with Gasteiger partial charge in [-0.3, -0.25) is 0 Å². The smallest absolute Gasteiger partial charge is 0.347 e. The third-order valence-corrected chi connectivity index (χ3v) is 3.89. The second-order valence-corrected chi connectivity index (χ2v) is 5.94. The summed E-state index contributed by atoms with van der Waals surface area (Å²) in [4.78, 5) is 11.5. The van der Waals surface area contributed by atoms with Crippen molar-refractivity contribution in [2.24, 2.45) is 0 Å². The van der Waals surface area contributed by atoms with E-state index in [2.05, 4.69) is 5.32 Å². The normalized spacial score (nSPS) is 21.9. The van der Waals surface area contributed by atoms with Gasteiger partial charge in [0, 0.05) is 29.6 Å². The fraction of sp³-hybridized carbons (Fsp3) is 0.500. The van der Waals surface area contributed by atoms with E-state index in [1.165, 1.54) is 12.8 Å². The molecule has 0 bridgehead atoms. The van der Waals surface area contributed by atoms with Crippen LogP contribution in [0.3, 0.4) is 0 Å². The number of hydrogen-bond donors (Lipinski definition) is 1. The van der Waals surface area contributed by atoms with Crippen LogP contribution in [0.15, 0.2) is 12.1 Å². The molecule has 4 nitrogen and oxygen atoms in total. The number of halogens is 2. The largest absolute Gasteiger partial charge is 0.477 e. The van der Waals surface area contributed by atoms with Crippen molar-refractivity contribution in [1.82, 2.24) is 5.32 Å². The molecule has 1 saturated heterocycles. The van der Waals surface area contributed by atoms with Gasteiger partial charge in [0.05, 0.1) is 11.6 Å². The van der Waals surface area contributed by atoms with Gasteiger partial charge in [-0.2, -0.15) is 0 Å². The van der Waals surface area contributed by atoms with Crippen LogP contribution in [-0.2, 0) is 16.1 Å². The van der Waals surface area contributed by atoms with Gasteiger partial charge in [-0.05, 0) is 25.0 Å². The first-order valence-electron chi connectivity index (χ1n) is 6.68. The zero-order chi connectivity index (χ0) is 14.1. The fourth-order valence-corrected chi connectivity index (χ4v) is 2.73. The maximum Gasteiger partial charge on any atom is 0.347 e. The zero-order valence-corrected chi connectivity index (χ0v) is 12.3. The summed E-state index contributed by atoms with van der Waals surface area (Å²) in [6.07, 6.45) is 2.36. The first-order valence-corrected chi connectivity index (χ1v) is 7.43. The van der Waals surface area contributed by atoms with Crippen LogP contribution in [0.2, 0.25) is 10.0 Å². The second-order valence-electron chi connectivity index (χ2n) is 5.09. The number of ether oxygens (including phenoxy) is 2. The van der Waals surface area contributed by atoms with Gasteiger partial charge in [-0.25, -0.2) is 4.79 Å². The summed E-state index contributed by atoms with van der Waals surface area (Å²) < 4.78 is 10.7. The summed E-state index contributed by atoms with van der Waals surface area (Å²) >= 11 is 12.2. The molecule has 3 rings (SSSR count). The predicted molar refractivity (Wildman–Crippen MR) is 76.3 cm³/mol. The van der Waals surface area contributed by atoms with E-state index in [1.807, 2.05) is 6.07 Å². The Bertz CT molecular complexity index is 531. The SMILES string of the molecule is O=C1OCCC1Oc1c(Cl)cc(Cl)cc1CNC1CC1. The Morgan fingerprint density at radius 2 is 2.10 bits per heavy atom. The minimum absolute atomic E-state index is 0.336. The van der Waals surface area contributed by atoms with Gasteiger partial charge in [0.15, 0.2) is 6.10 Å². The van der Waals surface area contributed by atoms with Crippen LogP contribution in [0.5, 0.6) is 5.75 Å². The molecule has 108 valence electrons. The molecule has 1 aromatic rings. The van der Waals surface area contributed by atoms with Gasteiger partial charge >= 0.3 is 5.97 Å². The van der Waals surface area contributed by atoms with E-state index in [9.17, 15) is 4.79 Å². The Kier molecular flexibility index (Phi) is 4.06. The van der Waals surface area contributed by atoms with Crippen LogP contribution in [0, 0.1) is 0 Å². The van der Waals surface area contributed by atoms with E-state index < -0.39 is 6.10 Å². The average Bonchev–Trinajstić information content (AvgIpc) is 3.14. The summed E-state index contributed by atoms with van der Waals surface area (Å²) in [5, 5.41) is 4.37. The number of carbonyl (C=O) groups is 1. The van der Waals surface area contributed by atoms with E-state index in [1.54, 1.807) is 6.07 Å². The van der Waals surface area contributed by atoms with Crippen LogP contribution in [0.25, 0.3) is 0 Å². The highest BCUT2D eigenvalue weighted by Crippen LogP contribution is 2.34. The van der Waals surface area contributed by atoms with Crippen molar-refractivity contribution in [2.45, 2.75) is 38.0 Å². The van der Waals surface area contributed by atoms with Crippen LogP contribution in [0.4, 0.5) is 0 Å². The van der Waals surface area contributed by atoms with Crippen LogP contribution < -0.4 is 10.1 Å². The Hall–Kier alpha value is -0.970. The lowest BCUT2D eigenvalue weighted by atomic mass is 10.2. The minimum Gasteiger partial charge on any atom is -0.477 e. The molecule has 2 aliphatic rings. The molecule has 1 aromatic carbocycles. The van der Waals surface area contributed by atoms with E-state index >= 15 is 0 Å². The van der Waals surface area contributed by atoms with Crippen LogP contribution >= 0.6 is 23.2 Å². The van der Waals surface area contributed by atoms with Gasteiger partial charge in [0.2, 0.25) is 0 Å². The lowest BCUT2D eigenvalue weighted by molar-refractivity contribution is -0.143. The highest BCUT2D eigenvalue weighted by Gasteiger charge is 2.30. The predicted octanol–water partition coefficient (Wildman–Crippen LogP) is 2.94. The third-order valence-electron chi connectivity index (χ3n) is 3.39. The Morgan fingerprint density at radius 1 is 1.30 bits per heavy atom. The Balaban J connectivity index is 1.80. The maximum atomic E-state index is 11.5. The number of esters is 1. The monoisotopic (exact) mass is 315 g/mol. The average molecular weight is 316 g/mol. The van der Waals surface area contributed by atoms with Gasteiger partial charge in [0.25, 0.3) is 0 Å². The number of nitrogens with one attached hydrogen (secondary N) is 1. The molecule has 1 aliphatic heterocycles. The lowest BCUT2D eigenvalue weighted by Gasteiger charge is -2.16. The lowest BCUT2D eigenvalue weighted by Crippen LogP contribution is -2.23. The molecule has 6 heteroatoms. The molecule has 1 atom stereocenters. The molecular formula is C14H15Cl2NO3. The summed E-state index contributed by atoms with van der Waals surface area (Å²) in [7, 11) is 0. The molecular weight excluding hydrogens is 301 g/mol. The molecule has 0 aromatic heterocycles. The maximum absolute atomic E-state index is 11.5. The summed E-state index contributed by atoms with van der Waals surface area (Å²) in [6, 6.07) is 4.01. The molecule has 0 radical (unpaired) electrons. The van der Waals surface area contributed by atoms with Crippen LogP contribution in [0.1, 0.15) is 24.8 Å². The van der Waals surface area contributed by atoms with Crippen molar-refractivity contribution in [3.63, 3.8) is 0 Å². The van der Waals surface area contributed by atoms with Crippen molar-refractivity contribution in [3.05, 3.63) is 27.7 Å². The molecule has 1 N–H and O–H groups in total. The molecule has 1 unspecified atom stereocenters. The number of rotatable bonds is 5. The van der Waals surface area contributed by atoms with Gasteiger partial charge in [-0.15, -0.1) is 0 Å². The van der Waals surface area contributed by atoms with E-state index in [0.29, 0.717) is 41.4 Å². The van der Waals surface area contributed by atoms with E-state index in [0.717, 1.165) is 5.56 Å². The molecule has 0 amide bonds. The molecule has 1 heterocycles. The van der Waals surface area contributed by atoms with Crippen molar-refractivity contribution in [3.8, 4) is 5.75 Å². The van der Waals surface area contributed by atoms with E-state index in [4.69, 9.17) is 32.7 Å². The zero-order valence-electron chi connectivity index (χ0n) is 10.8.